The number of carbonyl (C=O) groups excluding carboxylic acids is 1. The van der Waals surface area contributed by atoms with Crippen LogP contribution in [0.2, 0.25) is 0 Å². The van der Waals surface area contributed by atoms with Crippen LogP contribution in [-0.2, 0) is 12.7 Å². The van der Waals surface area contributed by atoms with Crippen LogP contribution in [0.4, 0.5) is 22.4 Å². The van der Waals surface area contributed by atoms with Gasteiger partial charge in [0.2, 0.25) is 0 Å². The number of amides is 2. The van der Waals surface area contributed by atoms with Crippen molar-refractivity contribution in [2.75, 3.05) is 27.2 Å². The minimum Gasteiger partial charge on any atom is -0.334 e. The van der Waals surface area contributed by atoms with Crippen molar-refractivity contribution in [3.05, 3.63) is 35.1 Å². The van der Waals surface area contributed by atoms with Gasteiger partial charge in [-0.1, -0.05) is 12.1 Å². The number of nitrogens with zero attached hydrogens (tertiary/aromatic N) is 2. The number of piperidine rings is 1. The number of carbonyl (C=O) groups is 1. The van der Waals surface area contributed by atoms with Crippen molar-refractivity contribution in [1.82, 2.24) is 15.1 Å². The predicted octanol–water partition coefficient (Wildman–Crippen LogP) is 3.08. The normalized spacial score (nSPS) is 18.8. The molecule has 1 aromatic carbocycles. The van der Waals surface area contributed by atoms with E-state index in [9.17, 15) is 22.4 Å². The summed E-state index contributed by atoms with van der Waals surface area (Å²) in [5, 5.41) is 2.51. The maximum absolute atomic E-state index is 13.9. The largest absolute Gasteiger partial charge is 0.419 e. The Hall–Kier alpha value is -1.83. The van der Waals surface area contributed by atoms with Crippen molar-refractivity contribution < 1.29 is 22.4 Å². The fraction of sp³-hybridized carbons (Fsp3) is 0.562. The molecule has 1 N–H and O–H groups in total. The summed E-state index contributed by atoms with van der Waals surface area (Å²) >= 11 is 0. The molecule has 24 heavy (non-hydrogen) atoms. The first kappa shape index (κ1) is 18.5. The van der Waals surface area contributed by atoms with Crippen molar-refractivity contribution in [1.29, 1.82) is 0 Å². The van der Waals surface area contributed by atoms with Crippen LogP contribution in [0.15, 0.2) is 18.2 Å². The third-order valence-electron chi connectivity index (χ3n) is 4.23. The van der Waals surface area contributed by atoms with E-state index in [1.165, 1.54) is 6.07 Å². The zero-order valence-electron chi connectivity index (χ0n) is 13.7. The van der Waals surface area contributed by atoms with Crippen molar-refractivity contribution in [3.8, 4) is 0 Å². The van der Waals surface area contributed by atoms with Gasteiger partial charge in [0.25, 0.3) is 0 Å². The van der Waals surface area contributed by atoms with E-state index in [0.717, 1.165) is 18.9 Å². The van der Waals surface area contributed by atoms with Crippen LogP contribution in [0, 0.1) is 5.82 Å². The number of likely N-dealkylation sites (tertiary alicyclic amines) is 1. The molecule has 0 spiro atoms. The van der Waals surface area contributed by atoms with Crippen LogP contribution in [0.5, 0.6) is 0 Å². The molecule has 1 saturated heterocycles. The molecule has 4 nitrogen and oxygen atoms in total. The predicted molar refractivity (Wildman–Crippen MR) is 81.9 cm³/mol. The van der Waals surface area contributed by atoms with E-state index < -0.39 is 23.6 Å². The lowest BCUT2D eigenvalue weighted by molar-refractivity contribution is -0.140. The molecule has 2 amide bonds. The Kier molecular flexibility index (Phi) is 5.69. The van der Waals surface area contributed by atoms with Gasteiger partial charge in [-0.3, -0.25) is 0 Å². The zero-order chi connectivity index (χ0) is 17.9. The smallest absolute Gasteiger partial charge is 0.334 e. The minimum atomic E-state index is -4.75. The number of rotatable bonds is 3. The van der Waals surface area contributed by atoms with Crippen molar-refractivity contribution in [3.63, 3.8) is 0 Å². The SMILES string of the molecule is CN(C)[C@@H]1CCCN(C(=O)NCc2cccc(C(F)(F)F)c2F)C1. The maximum Gasteiger partial charge on any atom is 0.419 e. The highest BCUT2D eigenvalue weighted by Gasteiger charge is 2.34. The summed E-state index contributed by atoms with van der Waals surface area (Å²) in [6, 6.07) is 2.92. The molecule has 1 aliphatic heterocycles. The number of alkyl halides is 3. The molecule has 2 rings (SSSR count). The number of hydrogen-bond donors (Lipinski definition) is 1. The third-order valence-corrected chi connectivity index (χ3v) is 4.23. The molecule has 1 heterocycles. The molecule has 1 aliphatic rings. The number of likely N-dealkylation sites (N-methyl/N-ethyl adjacent to an activating group) is 1. The molecule has 1 aromatic rings. The average Bonchev–Trinajstić information content (AvgIpc) is 2.52. The summed E-state index contributed by atoms with van der Waals surface area (Å²) in [4.78, 5) is 15.8. The fourth-order valence-electron chi connectivity index (χ4n) is 2.78. The Labute approximate surface area is 138 Å². The molecule has 0 radical (unpaired) electrons. The van der Waals surface area contributed by atoms with Crippen LogP contribution in [0.1, 0.15) is 24.0 Å². The van der Waals surface area contributed by atoms with Gasteiger partial charge in [0, 0.05) is 31.2 Å². The van der Waals surface area contributed by atoms with Crippen molar-refractivity contribution in [2.45, 2.75) is 31.6 Å². The van der Waals surface area contributed by atoms with E-state index in [1.807, 2.05) is 19.0 Å². The van der Waals surface area contributed by atoms with Crippen LogP contribution in [0.3, 0.4) is 0 Å². The number of urea groups is 1. The van der Waals surface area contributed by atoms with E-state index >= 15 is 0 Å². The molecule has 0 unspecified atom stereocenters. The van der Waals surface area contributed by atoms with Crippen LogP contribution < -0.4 is 5.32 Å². The van der Waals surface area contributed by atoms with Crippen LogP contribution >= 0.6 is 0 Å². The molecule has 1 atom stereocenters. The van der Waals surface area contributed by atoms with Crippen LogP contribution in [-0.4, -0.2) is 49.1 Å². The Bertz CT molecular complexity index is 589. The third kappa shape index (κ3) is 4.37. The van der Waals surface area contributed by atoms with Gasteiger partial charge < -0.3 is 15.1 Å². The molecule has 134 valence electrons. The Morgan fingerprint density at radius 3 is 2.71 bits per heavy atom. The second-order valence-electron chi connectivity index (χ2n) is 6.14. The van der Waals surface area contributed by atoms with Gasteiger partial charge in [-0.05, 0) is 33.0 Å². The summed E-state index contributed by atoms with van der Waals surface area (Å²) in [5.41, 5.74) is -1.50. The molecule has 0 aromatic heterocycles. The lowest BCUT2D eigenvalue weighted by Gasteiger charge is -2.36. The molecule has 0 aliphatic carbocycles. The fourth-order valence-corrected chi connectivity index (χ4v) is 2.78. The van der Waals surface area contributed by atoms with E-state index in [-0.39, 0.29) is 18.2 Å². The highest BCUT2D eigenvalue weighted by Crippen LogP contribution is 2.32. The van der Waals surface area contributed by atoms with Gasteiger partial charge in [0.05, 0.1) is 5.56 Å². The summed E-state index contributed by atoms with van der Waals surface area (Å²) < 4.78 is 52.0. The Morgan fingerprint density at radius 1 is 1.38 bits per heavy atom. The number of halogens is 4. The van der Waals surface area contributed by atoms with E-state index in [4.69, 9.17) is 0 Å². The topological polar surface area (TPSA) is 35.6 Å². The standard InChI is InChI=1S/C16H21F4N3O/c1-22(2)12-6-4-8-23(10-12)15(24)21-9-11-5-3-7-13(14(11)17)16(18,19)20/h3,5,7,12H,4,6,8-10H2,1-2H3,(H,21,24)/t12-/m1/s1. The first-order valence-corrected chi connectivity index (χ1v) is 7.74. The molecule has 0 saturated carbocycles. The summed E-state index contributed by atoms with van der Waals surface area (Å²) in [6.07, 6.45) is -2.91. The van der Waals surface area contributed by atoms with E-state index in [2.05, 4.69) is 5.32 Å². The van der Waals surface area contributed by atoms with Gasteiger partial charge in [-0.25, -0.2) is 9.18 Å². The highest BCUT2D eigenvalue weighted by molar-refractivity contribution is 5.74. The van der Waals surface area contributed by atoms with Gasteiger partial charge in [0.15, 0.2) is 0 Å². The lowest BCUT2D eigenvalue weighted by atomic mass is 10.1. The Morgan fingerprint density at radius 2 is 2.08 bits per heavy atom. The second kappa shape index (κ2) is 7.38. The number of benzene rings is 1. The Balaban J connectivity index is 1.99. The summed E-state index contributed by atoms with van der Waals surface area (Å²) in [5.74, 6) is -1.34. The molecule has 8 heteroatoms. The van der Waals surface area contributed by atoms with E-state index in [1.54, 1.807) is 4.90 Å². The van der Waals surface area contributed by atoms with Crippen molar-refractivity contribution >= 4 is 6.03 Å². The van der Waals surface area contributed by atoms with Crippen LogP contribution in [0.25, 0.3) is 0 Å². The molecular weight excluding hydrogens is 326 g/mol. The average molecular weight is 347 g/mol. The first-order valence-electron chi connectivity index (χ1n) is 7.74. The maximum atomic E-state index is 13.9. The molecule has 0 bridgehead atoms. The zero-order valence-corrected chi connectivity index (χ0v) is 13.7. The second-order valence-corrected chi connectivity index (χ2v) is 6.14. The molecule has 1 fully saturated rings. The lowest BCUT2D eigenvalue weighted by Crippen LogP contribution is -2.50. The summed E-state index contributed by atoms with van der Waals surface area (Å²) in [6.45, 7) is 0.850. The van der Waals surface area contributed by atoms with Gasteiger partial charge in [-0.15, -0.1) is 0 Å². The number of hydrogen-bond acceptors (Lipinski definition) is 2. The summed E-state index contributed by atoms with van der Waals surface area (Å²) in [7, 11) is 3.87. The minimum absolute atomic E-state index is 0.181. The monoisotopic (exact) mass is 347 g/mol. The van der Waals surface area contributed by atoms with E-state index in [0.29, 0.717) is 19.2 Å². The molecular formula is C16H21F4N3O. The van der Waals surface area contributed by atoms with Crippen molar-refractivity contribution in [2.24, 2.45) is 0 Å². The quantitative estimate of drug-likeness (QED) is 0.853. The van der Waals surface area contributed by atoms with Gasteiger partial charge in [-0.2, -0.15) is 13.2 Å². The van der Waals surface area contributed by atoms with Gasteiger partial charge in [0.1, 0.15) is 5.82 Å². The first-order chi connectivity index (χ1) is 11.2. The number of nitrogens with one attached hydrogen (secondary N) is 1. The van der Waals surface area contributed by atoms with Gasteiger partial charge >= 0.3 is 12.2 Å². The highest BCUT2D eigenvalue weighted by atomic mass is 19.4.